The maximum atomic E-state index is 14.3. The average molecular weight is 1780 g/mol. The summed E-state index contributed by atoms with van der Waals surface area (Å²) in [5.74, 6) is 0.180. The molecule has 660 valence electrons. The molecule has 0 aromatic heterocycles. The molecule has 1 aliphatic heterocycles. The van der Waals surface area contributed by atoms with Crippen LogP contribution in [0.4, 0.5) is 0 Å². The first kappa shape index (κ1) is 105. The van der Waals surface area contributed by atoms with E-state index in [1.807, 2.05) is 111 Å². The SMILES string of the molecule is CCOP(=O)(OCC)C(C)(C)NCCCOc1c2cc(C(C)(C)C)cc1Sc1cc(C(C)(C)C)cc(c1OCCCNC(C)(C)P(=O)(OCC)OCC)Sc1cc(C(C)(C)C)cc(c1OCCCNC(C)(C)P(=O)(OCC)OCC)Sc1cc(C(C)(C)C)cc(c1OCCCNC(C)(C)P(=O)(OCC)OCC)S2.O=C(O)/C=C/C(=O)O. The second kappa shape index (κ2) is 45.8. The van der Waals surface area contributed by atoms with E-state index in [2.05, 4.69) is 153 Å². The second-order valence-electron chi connectivity index (χ2n) is 33.7. The van der Waals surface area contributed by atoms with Crippen molar-refractivity contribution < 1.29 is 93.2 Å². The summed E-state index contributed by atoms with van der Waals surface area (Å²) in [5.41, 5.74) is 2.90. The number of fused-ring (bicyclic) bond motifs is 8. The molecule has 1 heterocycles. The molecule has 8 bridgehead atoms. The molecule has 0 saturated carbocycles. The van der Waals surface area contributed by atoms with Crippen molar-refractivity contribution in [2.75, 3.05) is 105 Å². The zero-order chi connectivity index (χ0) is 87.7. The van der Waals surface area contributed by atoms with Crippen LogP contribution in [0.5, 0.6) is 23.0 Å². The summed E-state index contributed by atoms with van der Waals surface area (Å²) in [6, 6.07) is 18.1. The third kappa shape index (κ3) is 30.2. The number of carboxylic acids is 2. The van der Waals surface area contributed by atoms with Crippen LogP contribution in [0.15, 0.2) is 99.8 Å². The smallest absolute Gasteiger partial charge is 0.349 e. The Morgan fingerprint density at radius 1 is 0.302 bits per heavy atom. The van der Waals surface area contributed by atoms with Gasteiger partial charge in [0.2, 0.25) is 0 Å². The van der Waals surface area contributed by atoms with Crippen LogP contribution < -0.4 is 40.2 Å². The Hall–Kier alpha value is -3.40. The number of hydrogen-bond donors (Lipinski definition) is 6. The van der Waals surface area contributed by atoms with Gasteiger partial charge in [0, 0.05) is 12.2 Å². The summed E-state index contributed by atoms with van der Waals surface area (Å²) in [6.07, 6.45) is 3.24. The van der Waals surface area contributed by atoms with Gasteiger partial charge >= 0.3 is 42.3 Å². The van der Waals surface area contributed by atoms with Crippen LogP contribution in [0.3, 0.4) is 0 Å². The fraction of sp³-hybridized carbons (Fsp3) is 0.667. The highest BCUT2D eigenvalue weighted by molar-refractivity contribution is 8.01. The van der Waals surface area contributed by atoms with Crippen molar-refractivity contribution in [1.29, 1.82) is 0 Å². The first-order chi connectivity index (χ1) is 53.8. The van der Waals surface area contributed by atoms with Crippen molar-refractivity contribution in [1.82, 2.24) is 21.3 Å². The quantitative estimate of drug-likeness (QED) is 0.0120. The molecule has 116 heavy (non-hydrogen) atoms. The van der Waals surface area contributed by atoms with Crippen LogP contribution in [0.1, 0.15) is 242 Å². The molecule has 0 amide bonds. The van der Waals surface area contributed by atoms with Crippen molar-refractivity contribution in [3.63, 3.8) is 0 Å². The first-order valence-corrected chi connectivity index (χ1v) is 49.9. The molecule has 0 atom stereocenters. The predicted octanol–water partition coefficient (Wildman–Crippen LogP) is 22.9. The molecule has 0 radical (unpaired) electrons. The molecule has 0 aliphatic carbocycles. The topological polar surface area (TPSA) is 302 Å². The van der Waals surface area contributed by atoms with Crippen LogP contribution in [-0.4, -0.2) is 149 Å². The molecule has 1 aliphatic rings. The van der Waals surface area contributed by atoms with Gasteiger partial charge in [-0.3, -0.25) is 18.3 Å². The Morgan fingerprint density at radius 3 is 0.569 bits per heavy atom. The zero-order valence-electron chi connectivity index (χ0n) is 74.6. The molecule has 6 N–H and O–H groups in total. The van der Waals surface area contributed by atoms with Crippen LogP contribution in [0, 0.1) is 0 Å². The van der Waals surface area contributed by atoms with Gasteiger partial charge in [0.25, 0.3) is 0 Å². The Bertz CT molecular complexity index is 3450. The minimum Gasteiger partial charge on any atom is -0.491 e. The highest BCUT2D eigenvalue weighted by Gasteiger charge is 2.47. The number of carboxylic acid groups (broad SMARTS) is 2. The number of benzene rings is 4. The maximum Gasteiger partial charge on any atom is 0.349 e. The largest absolute Gasteiger partial charge is 0.491 e. The minimum absolute atomic E-state index is 0.234. The Labute approximate surface area is 712 Å². The van der Waals surface area contributed by atoms with Crippen molar-refractivity contribution in [2.24, 2.45) is 0 Å². The van der Waals surface area contributed by atoms with Gasteiger partial charge in [0.05, 0.1) is 118 Å². The van der Waals surface area contributed by atoms with Gasteiger partial charge < -0.3 is 86.6 Å². The van der Waals surface area contributed by atoms with Gasteiger partial charge in [0.15, 0.2) is 0 Å². The summed E-state index contributed by atoms with van der Waals surface area (Å²) >= 11 is 6.43. The average Bonchev–Trinajstić information content (AvgIpc) is 0.756. The van der Waals surface area contributed by atoms with E-state index < -0.39 is 63.4 Å². The normalized spacial score (nSPS) is 13.9. The molecule has 4 aromatic rings. The Kier molecular flexibility index (Phi) is 41.5. The summed E-state index contributed by atoms with van der Waals surface area (Å²) in [5, 5.41) is 25.7. The number of ether oxygens (including phenoxy) is 4. The molecule has 0 spiro atoms. The molecule has 5 rings (SSSR count). The minimum atomic E-state index is -3.57. The molecule has 24 nitrogen and oxygen atoms in total. The van der Waals surface area contributed by atoms with Gasteiger partial charge in [0.1, 0.15) is 44.1 Å². The molecule has 0 unspecified atom stereocenters. The zero-order valence-corrected chi connectivity index (χ0v) is 81.4. The molecular formula is C84H140N4O20P4S4. The first-order valence-electron chi connectivity index (χ1n) is 40.5. The fourth-order valence-corrected chi connectivity index (χ4v) is 23.2. The molecule has 0 saturated heterocycles. The Morgan fingerprint density at radius 2 is 0.448 bits per heavy atom. The third-order valence-corrected chi connectivity index (χ3v) is 33.5. The number of nitrogens with one attached hydrogen (secondary N) is 4. The third-order valence-electron chi connectivity index (χ3n) is 18.4. The van der Waals surface area contributed by atoms with Crippen molar-refractivity contribution in [3.8, 4) is 23.0 Å². The van der Waals surface area contributed by atoms with Gasteiger partial charge in [-0.05, 0) is 255 Å². The van der Waals surface area contributed by atoms with Crippen LogP contribution in [0.25, 0.3) is 0 Å². The summed E-state index contributed by atoms with van der Waals surface area (Å²) in [7, 11) is -14.3. The number of hydrogen-bond acceptors (Lipinski definition) is 26. The van der Waals surface area contributed by atoms with Crippen molar-refractivity contribution in [2.45, 2.75) is 301 Å². The number of carbonyl (C=O) groups is 2. The fourth-order valence-electron chi connectivity index (χ4n) is 11.6. The number of rotatable bonds is 46. The van der Waals surface area contributed by atoms with Gasteiger partial charge in [-0.15, -0.1) is 0 Å². The summed E-state index contributed by atoms with van der Waals surface area (Å²) in [4.78, 5) is 26.0. The molecular weight excluding hydrogens is 1640 g/mol. The lowest BCUT2D eigenvalue weighted by molar-refractivity contribution is -0.134. The van der Waals surface area contributed by atoms with Crippen molar-refractivity contribution in [3.05, 3.63) is 82.9 Å². The standard InChI is InChI=1S/C80H136N4O16P4S4.C4H4O4/c1-29-93-101(85,94-30-2)77(21,22)81-41-37-45-89-69-61-49-57(73(9,10)11)50-62(69)106-64-52-59(75(15,16)17)54-66(71(64)91-47-39-43-83-79(25,26)103(87,97-33-5)98-34-6)108-68-56-60(76(18,19)20)55-67(72(68)92-48-40-44-84-80(27,28)104(88,99-35-7)100-36-8)107-65-53-58(74(12,13)14)51-63(105-61)70(65)90-46-38-42-82-78(23,24)102(86,95-31-3)96-32-4;5-3(6)1-2-4(7)8/h49-56,81-84H,29-48H2,1-28H3;1-2H,(H,5,6)(H,7,8)/b;2-1+. The monoisotopic (exact) mass is 1780 g/mol. The molecule has 4 aromatic carbocycles. The summed E-state index contributed by atoms with van der Waals surface area (Å²) in [6.45, 7) is 60.9. The maximum absolute atomic E-state index is 14.3. The van der Waals surface area contributed by atoms with E-state index in [4.69, 9.17) is 65.4 Å². The lowest BCUT2D eigenvalue weighted by Gasteiger charge is -2.33. The van der Waals surface area contributed by atoms with E-state index in [1.165, 1.54) is 0 Å². The van der Waals surface area contributed by atoms with Gasteiger partial charge in [-0.25, -0.2) is 9.59 Å². The van der Waals surface area contributed by atoms with E-state index in [0.29, 0.717) is 87.0 Å². The van der Waals surface area contributed by atoms with E-state index >= 15 is 0 Å². The highest BCUT2D eigenvalue weighted by atomic mass is 32.2. The van der Waals surface area contributed by atoms with E-state index in [-0.39, 0.29) is 101 Å². The Balaban J connectivity index is 0.00000335. The van der Waals surface area contributed by atoms with Crippen molar-refractivity contribution >= 4 is 89.4 Å². The summed E-state index contributed by atoms with van der Waals surface area (Å²) < 4.78 is 133. The van der Waals surface area contributed by atoms with Gasteiger partial charge in [-0.2, -0.15) is 0 Å². The van der Waals surface area contributed by atoms with Crippen LogP contribution >= 0.6 is 77.4 Å². The van der Waals surface area contributed by atoms with E-state index in [9.17, 15) is 27.8 Å². The van der Waals surface area contributed by atoms with Crippen LogP contribution in [0.2, 0.25) is 0 Å². The van der Waals surface area contributed by atoms with Gasteiger partial charge in [-0.1, -0.05) is 130 Å². The number of aliphatic carboxylic acids is 2. The highest BCUT2D eigenvalue weighted by Crippen LogP contribution is 2.63. The second-order valence-corrected chi connectivity index (χ2v) is 48.6. The van der Waals surface area contributed by atoms with Crippen LogP contribution in [-0.2, 0) is 85.7 Å². The van der Waals surface area contributed by atoms with E-state index in [1.54, 1.807) is 47.0 Å². The lowest BCUT2D eigenvalue weighted by Crippen LogP contribution is -2.41. The predicted molar refractivity (Wildman–Crippen MR) is 474 cm³/mol. The molecule has 0 fully saturated rings. The lowest BCUT2D eigenvalue weighted by atomic mass is 9.87. The van der Waals surface area contributed by atoms with E-state index in [0.717, 1.165) is 61.4 Å². The molecule has 32 heteroatoms.